The number of rotatable bonds is 7. The molecule has 2 aromatic rings. The largest absolute Gasteiger partial charge is 0.504 e. The molecular weight excluding hydrogens is 367 g/mol. The van der Waals surface area contributed by atoms with Gasteiger partial charge in [-0.2, -0.15) is 17.8 Å². The van der Waals surface area contributed by atoms with Crippen LogP contribution >= 0.6 is 0 Å². The van der Waals surface area contributed by atoms with Gasteiger partial charge in [0.15, 0.2) is 0 Å². The Labute approximate surface area is 149 Å². The summed E-state index contributed by atoms with van der Waals surface area (Å²) in [5, 5.41) is 0. The highest BCUT2D eigenvalue weighted by Crippen LogP contribution is 2.30. The van der Waals surface area contributed by atoms with Crippen LogP contribution in [0.1, 0.15) is 5.56 Å². The van der Waals surface area contributed by atoms with Crippen molar-refractivity contribution < 1.29 is 27.1 Å². The van der Waals surface area contributed by atoms with Gasteiger partial charge in [-0.1, -0.05) is 18.2 Å². The lowest BCUT2D eigenvalue weighted by atomic mass is 10.1. The number of nitrogens with one attached hydrogen (secondary N) is 2. The number of methoxy groups -OCH3 is 1. The van der Waals surface area contributed by atoms with Gasteiger partial charge in [-0.25, -0.2) is 14.4 Å². The second kappa shape index (κ2) is 8.36. The standard InChI is InChI=1S/C15H15FN4O5S/c1-17-26(22,23)20-14(21)11(8-24-2)10-5-3-4-6-13(10)25-15-12(16)7-18-9-19-15/h3-9,17H,1-2H3,(H,20,21)/b11-8+. The number of hydrogen-bond donors (Lipinski definition) is 2. The molecule has 0 radical (unpaired) electrons. The number of amides is 1. The molecule has 2 N–H and O–H groups in total. The van der Waals surface area contributed by atoms with Crippen LogP contribution in [-0.4, -0.2) is 38.5 Å². The molecule has 1 heterocycles. The number of aromatic nitrogens is 2. The van der Waals surface area contributed by atoms with Crippen molar-refractivity contribution in [2.75, 3.05) is 14.2 Å². The maximum Gasteiger partial charge on any atom is 0.301 e. The number of benzene rings is 1. The van der Waals surface area contributed by atoms with Gasteiger partial charge in [0.1, 0.15) is 12.1 Å². The maximum absolute atomic E-state index is 13.7. The van der Waals surface area contributed by atoms with E-state index in [1.807, 2.05) is 9.44 Å². The zero-order valence-corrected chi connectivity index (χ0v) is 14.6. The molecular formula is C15H15FN4O5S. The van der Waals surface area contributed by atoms with Gasteiger partial charge in [-0.15, -0.1) is 0 Å². The minimum absolute atomic E-state index is 0.0606. The quantitative estimate of drug-likeness (QED) is 0.541. The SMILES string of the molecule is CNS(=O)(=O)NC(=O)/C(=C/OC)c1ccccc1Oc1ncncc1F. The van der Waals surface area contributed by atoms with Gasteiger partial charge in [0.25, 0.3) is 11.8 Å². The fourth-order valence-corrected chi connectivity index (χ4v) is 2.30. The van der Waals surface area contributed by atoms with Gasteiger partial charge >= 0.3 is 10.2 Å². The Morgan fingerprint density at radius 1 is 1.31 bits per heavy atom. The van der Waals surface area contributed by atoms with Gasteiger partial charge in [0.2, 0.25) is 5.82 Å². The van der Waals surface area contributed by atoms with E-state index in [1.54, 1.807) is 12.1 Å². The number of carbonyl (C=O) groups excluding carboxylic acids is 1. The van der Waals surface area contributed by atoms with Crippen LogP contribution in [0.5, 0.6) is 11.6 Å². The van der Waals surface area contributed by atoms with E-state index in [1.165, 1.54) is 19.2 Å². The molecule has 0 fully saturated rings. The third kappa shape index (κ3) is 4.74. The Bertz CT molecular complexity index is 933. The third-order valence-electron chi connectivity index (χ3n) is 2.99. The predicted octanol–water partition coefficient (Wildman–Crippen LogP) is 0.976. The van der Waals surface area contributed by atoms with E-state index >= 15 is 0 Å². The topological polar surface area (TPSA) is 120 Å². The van der Waals surface area contributed by atoms with E-state index in [9.17, 15) is 17.6 Å². The Balaban J connectivity index is 2.43. The molecule has 0 aliphatic rings. The highest BCUT2D eigenvalue weighted by Gasteiger charge is 2.22. The molecule has 138 valence electrons. The van der Waals surface area contributed by atoms with E-state index in [0.29, 0.717) is 0 Å². The summed E-state index contributed by atoms with van der Waals surface area (Å²) in [5.41, 5.74) is 0.00699. The van der Waals surface area contributed by atoms with Crippen LogP contribution in [0.3, 0.4) is 0 Å². The fourth-order valence-electron chi connectivity index (χ4n) is 1.84. The van der Waals surface area contributed by atoms with E-state index < -0.39 is 21.9 Å². The van der Waals surface area contributed by atoms with Crippen molar-refractivity contribution in [1.29, 1.82) is 0 Å². The molecule has 2 rings (SSSR count). The fraction of sp³-hybridized carbons (Fsp3) is 0.133. The van der Waals surface area contributed by atoms with Crippen LogP contribution in [0.4, 0.5) is 4.39 Å². The van der Waals surface area contributed by atoms with E-state index in [2.05, 4.69) is 9.97 Å². The molecule has 0 unspecified atom stereocenters. The Hall–Kier alpha value is -3.05. The first-order valence-corrected chi connectivity index (χ1v) is 8.57. The van der Waals surface area contributed by atoms with Gasteiger partial charge in [-0.05, 0) is 6.07 Å². The zero-order valence-electron chi connectivity index (χ0n) is 13.8. The Morgan fingerprint density at radius 2 is 2.04 bits per heavy atom. The van der Waals surface area contributed by atoms with Gasteiger partial charge in [0, 0.05) is 12.6 Å². The number of nitrogens with zero attached hydrogens (tertiary/aromatic N) is 2. The summed E-state index contributed by atoms with van der Waals surface area (Å²) in [6, 6.07) is 6.11. The van der Waals surface area contributed by atoms with Crippen molar-refractivity contribution in [3.8, 4) is 11.6 Å². The van der Waals surface area contributed by atoms with Crippen LogP contribution in [0, 0.1) is 5.82 Å². The predicted molar refractivity (Wildman–Crippen MR) is 89.6 cm³/mol. The normalized spacial score (nSPS) is 11.7. The average Bonchev–Trinajstić information content (AvgIpc) is 2.62. The summed E-state index contributed by atoms with van der Waals surface area (Å²) in [7, 11) is -1.61. The van der Waals surface area contributed by atoms with E-state index in [4.69, 9.17) is 9.47 Å². The second-order valence-corrected chi connectivity index (χ2v) is 6.30. The number of carbonyl (C=O) groups is 1. The number of hydrogen-bond acceptors (Lipinski definition) is 7. The molecule has 0 aliphatic carbocycles. The zero-order chi connectivity index (χ0) is 19.2. The molecule has 0 bridgehead atoms. The average molecular weight is 382 g/mol. The lowest BCUT2D eigenvalue weighted by molar-refractivity contribution is -0.114. The minimum Gasteiger partial charge on any atom is -0.504 e. The van der Waals surface area contributed by atoms with Crippen LogP contribution in [-0.2, 0) is 19.7 Å². The second-order valence-electron chi connectivity index (χ2n) is 4.68. The van der Waals surface area contributed by atoms with Crippen LogP contribution in [0.25, 0.3) is 5.57 Å². The summed E-state index contributed by atoms with van der Waals surface area (Å²) in [5.74, 6) is -2.07. The highest BCUT2D eigenvalue weighted by atomic mass is 32.2. The summed E-state index contributed by atoms with van der Waals surface area (Å²) < 4.78 is 50.9. The number of ether oxygens (including phenoxy) is 2. The first kappa shape index (κ1) is 19.3. The molecule has 9 nitrogen and oxygen atoms in total. The lowest BCUT2D eigenvalue weighted by Crippen LogP contribution is -2.38. The summed E-state index contributed by atoms with van der Waals surface area (Å²) in [4.78, 5) is 19.5. The van der Waals surface area contributed by atoms with E-state index in [-0.39, 0.29) is 22.8 Å². The van der Waals surface area contributed by atoms with Crippen molar-refractivity contribution in [3.05, 3.63) is 54.4 Å². The monoisotopic (exact) mass is 382 g/mol. The van der Waals surface area contributed by atoms with E-state index in [0.717, 1.165) is 25.8 Å². The molecule has 0 aliphatic heterocycles. The van der Waals surface area contributed by atoms with Crippen molar-refractivity contribution >= 4 is 21.7 Å². The van der Waals surface area contributed by atoms with Gasteiger partial charge in [0.05, 0.1) is 25.1 Å². The lowest BCUT2D eigenvalue weighted by Gasteiger charge is -2.13. The van der Waals surface area contributed by atoms with Gasteiger partial charge < -0.3 is 9.47 Å². The molecule has 11 heteroatoms. The smallest absolute Gasteiger partial charge is 0.301 e. The number of para-hydroxylation sites is 1. The van der Waals surface area contributed by atoms with Gasteiger partial charge in [-0.3, -0.25) is 4.79 Å². The molecule has 1 amide bonds. The van der Waals surface area contributed by atoms with Crippen molar-refractivity contribution in [2.45, 2.75) is 0 Å². The molecule has 26 heavy (non-hydrogen) atoms. The Morgan fingerprint density at radius 3 is 2.69 bits per heavy atom. The minimum atomic E-state index is -4.04. The third-order valence-corrected chi connectivity index (χ3v) is 3.99. The van der Waals surface area contributed by atoms with Crippen LogP contribution < -0.4 is 14.2 Å². The van der Waals surface area contributed by atoms with Crippen molar-refractivity contribution in [1.82, 2.24) is 19.4 Å². The summed E-state index contributed by atoms with van der Waals surface area (Å²) in [6.07, 6.45) is 3.06. The summed E-state index contributed by atoms with van der Waals surface area (Å²) in [6.45, 7) is 0. The first-order valence-electron chi connectivity index (χ1n) is 7.09. The molecule has 1 aromatic heterocycles. The van der Waals surface area contributed by atoms with Crippen molar-refractivity contribution in [3.63, 3.8) is 0 Å². The van der Waals surface area contributed by atoms with Crippen LogP contribution in [0.2, 0.25) is 0 Å². The number of halogens is 1. The van der Waals surface area contributed by atoms with Crippen molar-refractivity contribution in [2.24, 2.45) is 0 Å². The Kier molecular flexibility index (Phi) is 6.20. The molecule has 0 spiro atoms. The molecule has 1 aromatic carbocycles. The highest BCUT2D eigenvalue weighted by molar-refractivity contribution is 7.88. The van der Waals surface area contributed by atoms with Crippen LogP contribution in [0.15, 0.2) is 43.1 Å². The molecule has 0 saturated heterocycles. The maximum atomic E-state index is 13.7. The molecule has 0 saturated carbocycles. The summed E-state index contributed by atoms with van der Waals surface area (Å²) >= 11 is 0. The first-order chi connectivity index (χ1) is 12.4. The molecule has 0 atom stereocenters.